The zero-order valence-electron chi connectivity index (χ0n) is 20.3. The van der Waals surface area contributed by atoms with Crippen molar-refractivity contribution in [1.82, 2.24) is 13.9 Å². The molecule has 1 amide bonds. The maximum Gasteiger partial charge on any atom is 0.243 e. The van der Waals surface area contributed by atoms with Crippen molar-refractivity contribution in [2.75, 3.05) is 18.4 Å². The van der Waals surface area contributed by atoms with E-state index >= 15 is 0 Å². The quantitative estimate of drug-likeness (QED) is 0.420. The lowest BCUT2D eigenvalue weighted by Gasteiger charge is -2.15. The highest BCUT2D eigenvalue weighted by molar-refractivity contribution is 7.89. The van der Waals surface area contributed by atoms with Crippen LogP contribution in [-0.2, 0) is 27.8 Å². The third kappa shape index (κ3) is 5.62. The van der Waals surface area contributed by atoms with E-state index < -0.39 is 10.0 Å². The van der Waals surface area contributed by atoms with Crippen molar-refractivity contribution >= 4 is 38.4 Å². The molecular weight excluding hydrogens is 464 g/mol. The number of benzene rings is 2. The van der Waals surface area contributed by atoms with Crippen LogP contribution in [0.2, 0.25) is 0 Å². The molecule has 2 aromatic carbocycles. The van der Waals surface area contributed by atoms with Gasteiger partial charge in [-0.2, -0.15) is 4.31 Å². The summed E-state index contributed by atoms with van der Waals surface area (Å²) in [5, 5.41) is 2.86. The Kier molecular flexibility index (Phi) is 7.66. The maximum absolute atomic E-state index is 13.0. The molecule has 0 atom stereocenters. The van der Waals surface area contributed by atoms with Gasteiger partial charge in [-0.3, -0.25) is 9.59 Å². The molecule has 0 radical (unpaired) electrons. The van der Waals surface area contributed by atoms with E-state index in [1.807, 2.05) is 6.07 Å². The number of Topliss-reactive ketones (excluding diaryl/α,β-unsaturated/α-hetero) is 1. The lowest BCUT2D eigenvalue weighted by molar-refractivity contribution is -0.116. The summed E-state index contributed by atoms with van der Waals surface area (Å²) in [4.78, 5) is 29.0. The Bertz CT molecular complexity index is 1320. The molecule has 1 aliphatic heterocycles. The number of amides is 1. The zero-order valence-corrected chi connectivity index (χ0v) is 21.1. The highest BCUT2D eigenvalue weighted by Gasteiger charge is 2.28. The normalized spacial score (nSPS) is 14.5. The van der Waals surface area contributed by atoms with Gasteiger partial charge in [0.2, 0.25) is 15.9 Å². The Morgan fingerprint density at radius 1 is 1.06 bits per heavy atom. The van der Waals surface area contributed by atoms with Crippen molar-refractivity contribution in [3.8, 4) is 0 Å². The molecule has 0 aliphatic carbocycles. The Morgan fingerprint density at radius 3 is 2.43 bits per heavy atom. The minimum atomic E-state index is -3.52. The lowest BCUT2D eigenvalue weighted by atomic mass is 10.1. The number of unbranched alkanes of at least 4 members (excludes halogenated alkanes) is 1. The van der Waals surface area contributed by atoms with Gasteiger partial charge in [-0.1, -0.05) is 13.3 Å². The van der Waals surface area contributed by atoms with Gasteiger partial charge < -0.3 is 9.88 Å². The SMILES string of the molecule is CCCCn1c(CCC(=O)Nc2ccc(C(C)=O)cc2)nc2cc(S(=O)(=O)N3CCCC3)ccc21. The first-order valence-electron chi connectivity index (χ1n) is 12.2. The number of anilines is 1. The molecule has 1 aliphatic rings. The number of nitrogens with one attached hydrogen (secondary N) is 1. The monoisotopic (exact) mass is 496 g/mol. The molecule has 9 heteroatoms. The van der Waals surface area contributed by atoms with Crippen LogP contribution in [0.25, 0.3) is 11.0 Å². The van der Waals surface area contributed by atoms with Gasteiger partial charge in [0, 0.05) is 43.7 Å². The van der Waals surface area contributed by atoms with Crippen molar-refractivity contribution in [3.63, 3.8) is 0 Å². The van der Waals surface area contributed by atoms with Crippen molar-refractivity contribution in [3.05, 3.63) is 53.9 Å². The van der Waals surface area contributed by atoms with Gasteiger partial charge in [0.25, 0.3) is 0 Å². The minimum Gasteiger partial charge on any atom is -0.328 e. The van der Waals surface area contributed by atoms with Gasteiger partial charge in [-0.05, 0) is 68.7 Å². The summed E-state index contributed by atoms with van der Waals surface area (Å²) < 4.78 is 29.7. The molecular formula is C26H32N4O4S. The predicted octanol–water partition coefficient (Wildman–Crippen LogP) is 4.39. The molecule has 4 rings (SSSR count). The van der Waals surface area contributed by atoms with E-state index in [9.17, 15) is 18.0 Å². The van der Waals surface area contributed by atoms with Gasteiger partial charge in [-0.25, -0.2) is 13.4 Å². The van der Waals surface area contributed by atoms with E-state index in [-0.39, 0.29) is 23.0 Å². The predicted molar refractivity (Wildman–Crippen MR) is 136 cm³/mol. The number of carbonyl (C=O) groups excluding carboxylic acids is 2. The largest absolute Gasteiger partial charge is 0.328 e. The molecule has 1 fully saturated rings. The van der Waals surface area contributed by atoms with Crippen molar-refractivity contribution in [1.29, 1.82) is 0 Å². The van der Waals surface area contributed by atoms with Crippen LogP contribution < -0.4 is 5.32 Å². The number of hydrogen-bond donors (Lipinski definition) is 1. The number of aryl methyl sites for hydroxylation is 2. The summed E-state index contributed by atoms with van der Waals surface area (Å²) in [6.45, 7) is 5.49. The first-order chi connectivity index (χ1) is 16.8. The Balaban J connectivity index is 1.52. The molecule has 0 bridgehead atoms. The fraction of sp³-hybridized carbons (Fsp3) is 0.423. The third-order valence-electron chi connectivity index (χ3n) is 6.39. The van der Waals surface area contributed by atoms with E-state index in [1.165, 1.54) is 11.2 Å². The number of sulfonamides is 1. The van der Waals surface area contributed by atoms with E-state index in [0.717, 1.165) is 43.6 Å². The fourth-order valence-corrected chi connectivity index (χ4v) is 5.93. The molecule has 3 aromatic rings. The van der Waals surface area contributed by atoms with Gasteiger partial charge >= 0.3 is 0 Å². The summed E-state index contributed by atoms with van der Waals surface area (Å²) in [5.74, 6) is 0.600. The molecule has 8 nitrogen and oxygen atoms in total. The topological polar surface area (TPSA) is 101 Å². The van der Waals surface area contributed by atoms with E-state index in [4.69, 9.17) is 4.98 Å². The first kappa shape index (κ1) is 25.1. The molecule has 2 heterocycles. The second kappa shape index (κ2) is 10.7. The summed E-state index contributed by atoms with van der Waals surface area (Å²) >= 11 is 0. The Hall–Kier alpha value is -3.04. The average Bonchev–Trinajstić information content (AvgIpc) is 3.50. The fourth-order valence-electron chi connectivity index (χ4n) is 4.39. The smallest absolute Gasteiger partial charge is 0.243 e. The van der Waals surface area contributed by atoms with Crippen LogP contribution in [0, 0.1) is 0 Å². The number of imidazole rings is 1. The number of hydrogen-bond acceptors (Lipinski definition) is 5. The Labute approximate surface area is 206 Å². The summed E-state index contributed by atoms with van der Waals surface area (Å²) in [6, 6.07) is 12.0. The number of rotatable bonds is 10. The molecule has 1 aromatic heterocycles. The van der Waals surface area contributed by atoms with Gasteiger partial charge in [0.1, 0.15) is 5.82 Å². The lowest BCUT2D eigenvalue weighted by Crippen LogP contribution is -2.27. The van der Waals surface area contributed by atoms with Gasteiger partial charge in [-0.15, -0.1) is 0 Å². The summed E-state index contributed by atoms with van der Waals surface area (Å²) in [5.41, 5.74) is 2.75. The van der Waals surface area contributed by atoms with E-state index in [0.29, 0.717) is 36.3 Å². The standard InChI is InChI=1S/C26H32N4O4S/c1-3-4-17-30-24-12-11-22(35(33,34)29-15-5-6-16-29)18-23(24)28-25(30)13-14-26(32)27-21-9-7-20(8-10-21)19(2)31/h7-12,18H,3-6,13-17H2,1-2H3,(H,27,32). The molecule has 0 spiro atoms. The molecule has 186 valence electrons. The average molecular weight is 497 g/mol. The first-order valence-corrected chi connectivity index (χ1v) is 13.6. The molecule has 1 saturated heterocycles. The van der Waals surface area contributed by atoms with E-state index in [1.54, 1.807) is 36.4 Å². The number of nitrogens with zero attached hydrogens (tertiary/aromatic N) is 3. The second-order valence-electron chi connectivity index (χ2n) is 8.98. The van der Waals surface area contributed by atoms with Crippen LogP contribution in [0.5, 0.6) is 0 Å². The second-order valence-corrected chi connectivity index (χ2v) is 10.9. The van der Waals surface area contributed by atoms with Crippen LogP contribution in [0.3, 0.4) is 0 Å². The van der Waals surface area contributed by atoms with E-state index in [2.05, 4.69) is 16.8 Å². The van der Waals surface area contributed by atoms with Crippen molar-refractivity contribution < 1.29 is 18.0 Å². The molecule has 0 unspecified atom stereocenters. The Morgan fingerprint density at radius 2 is 1.77 bits per heavy atom. The van der Waals surface area contributed by atoms with Crippen LogP contribution >= 0.6 is 0 Å². The molecule has 1 N–H and O–H groups in total. The third-order valence-corrected chi connectivity index (χ3v) is 8.28. The molecule has 35 heavy (non-hydrogen) atoms. The number of ketones is 1. The van der Waals surface area contributed by atoms with Crippen molar-refractivity contribution in [2.24, 2.45) is 0 Å². The van der Waals surface area contributed by atoms with Crippen LogP contribution in [0.4, 0.5) is 5.69 Å². The number of aromatic nitrogens is 2. The van der Waals surface area contributed by atoms with Crippen LogP contribution in [0.15, 0.2) is 47.4 Å². The zero-order chi connectivity index (χ0) is 25.0. The summed E-state index contributed by atoms with van der Waals surface area (Å²) in [7, 11) is -3.52. The molecule has 0 saturated carbocycles. The van der Waals surface area contributed by atoms with Crippen LogP contribution in [0.1, 0.15) is 62.1 Å². The van der Waals surface area contributed by atoms with Crippen molar-refractivity contribution in [2.45, 2.75) is 63.8 Å². The van der Waals surface area contributed by atoms with Gasteiger partial charge in [0.15, 0.2) is 5.78 Å². The number of carbonyl (C=O) groups is 2. The minimum absolute atomic E-state index is 0.0229. The van der Waals surface area contributed by atoms with Crippen LogP contribution in [-0.4, -0.2) is 47.1 Å². The highest BCUT2D eigenvalue weighted by Crippen LogP contribution is 2.26. The highest BCUT2D eigenvalue weighted by atomic mass is 32.2. The maximum atomic E-state index is 13.0. The van der Waals surface area contributed by atoms with Gasteiger partial charge in [0.05, 0.1) is 15.9 Å². The summed E-state index contributed by atoms with van der Waals surface area (Å²) in [6.07, 6.45) is 4.42. The number of fused-ring (bicyclic) bond motifs is 1.